The molecule has 0 aromatic heterocycles. The fourth-order valence-electron chi connectivity index (χ4n) is 2.12. The minimum absolute atomic E-state index is 0.0641. The van der Waals surface area contributed by atoms with Crippen molar-refractivity contribution < 1.29 is 9.53 Å². The van der Waals surface area contributed by atoms with Gasteiger partial charge >= 0.3 is 6.09 Å². The molecule has 0 bridgehead atoms. The van der Waals surface area contributed by atoms with Gasteiger partial charge in [0.25, 0.3) is 0 Å². The molecule has 4 nitrogen and oxygen atoms in total. The van der Waals surface area contributed by atoms with E-state index in [-0.39, 0.29) is 17.7 Å². The van der Waals surface area contributed by atoms with E-state index in [1.165, 1.54) is 0 Å². The standard InChI is InChI=1S/C13H26N2O2/c1-6-8-15(13(2,3)4)12(16)17-11-7-9-14(5)10-11/h11H,6-10H2,1-5H3. The van der Waals surface area contributed by atoms with Gasteiger partial charge in [-0.1, -0.05) is 6.92 Å². The molecule has 0 aromatic carbocycles. The fourth-order valence-corrected chi connectivity index (χ4v) is 2.12. The predicted molar refractivity (Wildman–Crippen MR) is 69.1 cm³/mol. The summed E-state index contributed by atoms with van der Waals surface area (Å²) in [5.74, 6) is 0. The Labute approximate surface area is 105 Å². The van der Waals surface area contributed by atoms with E-state index in [2.05, 4.69) is 18.9 Å². The van der Waals surface area contributed by atoms with Gasteiger partial charge in [-0.3, -0.25) is 0 Å². The van der Waals surface area contributed by atoms with Gasteiger partial charge < -0.3 is 14.5 Å². The second kappa shape index (κ2) is 5.71. The topological polar surface area (TPSA) is 32.8 Å². The highest BCUT2D eigenvalue weighted by molar-refractivity contribution is 5.68. The Morgan fingerprint density at radius 2 is 2.12 bits per heavy atom. The van der Waals surface area contributed by atoms with Crippen LogP contribution in [0.2, 0.25) is 0 Å². The zero-order chi connectivity index (χ0) is 13.1. The zero-order valence-electron chi connectivity index (χ0n) is 11.8. The molecular formula is C13H26N2O2. The van der Waals surface area contributed by atoms with Gasteiger partial charge in [0.05, 0.1) is 0 Å². The quantitative estimate of drug-likeness (QED) is 0.761. The first kappa shape index (κ1) is 14.3. The summed E-state index contributed by atoms with van der Waals surface area (Å²) in [6.45, 7) is 10.8. The number of carbonyl (C=O) groups excluding carboxylic acids is 1. The minimum atomic E-state index is -0.169. The van der Waals surface area contributed by atoms with Crippen LogP contribution in [0, 0.1) is 0 Å². The highest BCUT2D eigenvalue weighted by Gasteiger charge is 2.30. The normalized spacial score (nSPS) is 21.6. The molecule has 1 amide bonds. The molecule has 17 heavy (non-hydrogen) atoms. The van der Waals surface area contributed by atoms with Crippen LogP contribution in [-0.2, 0) is 4.74 Å². The van der Waals surface area contributed by atoms with Gasteiger partial charge in [-0.05, 0) is 40.7 Å². The summed E-state index contributed by atoms with van der Waals surface area (Å²) >= 11 is 0. The van der Waals surface area contributed by atoms with Gasteiger partial charge in [-0.15, -0.1) is 0 Å². The van der Waals surface area contributed by atoms with Crippen molar-refractivity contribution in [3.05, 3.63) is 0 Å². The molecule has 0 aliphatic carbocycles. The highest BCUT2D eigenvalue weighted by Crippen LogP contribution is 2.18. The first-order valence-corrected chi connectivity index (χ1v) is 6.51. The van der Waals surface area contributed by atoms with Crippen LogP contribution in [0.4, 0.5) is 4.79 Å². The largest absolute Gasteiger partial charge is 0.445 e. The van der Waals surface area contributed by atoms with E-state index >= 15 is 0 Å². The van der Waals surface area contributed by atoms with Gasteiger partial charge in [-0.2, -0.15) is 0 Å². The maximum Gasteiger partial charge on any atom is 0.410 e. The van der Waals surface area contributed by atoms with Crippen LogP contribution in [0.5, 0.6) is 0 Å². The van der Waals surface area contributed by atoms with Crippen molar-refractivity contribution >= 4 is 6.09 Å². The SMILES string of the molecule is CCCN(C(=O)OC1CCN(C)C1)C(C)(C)C. The minimum Gasteiger partial charge on any atom is -0.445 e. The summed E-state index contributed by atoms with van der Waals surface area (Å²) in [5.41, 5.74) is -0.169. The lowest BCUT2D eigenvalue weighted by Gasteiger charge is -2.35. The van der Waals surface area contributed by atoms with E-state index in [0.29, 0.717) is 0 Å². The van der Waals surface area contributed by atoms with Gasteiger partial charge in [-0.25, -0.2) is 4.79 Å². The molecule has 1 atom stereocenters. The molecule has 1 unspecified atom stereocenters. The third kappa shape index (κ3) is 4.19. The third-order valence-electron chi connectivity index (χ3n) is 3.09. The van der Waals surface area contributed by atoms with Crippen LogP contribution < -0.4 is 0 Å². The van der Waals surface area contributed by atoms with Crippen molar-refractivity contribution in [2.75, 3.05) is 26.7 Å². The summed E-state index contributed by atoms with van der Waals surface area (Å²) in [5, 5.41) is 0. The van der Waals surface area contributed by atoms with E-state index in [0.717, 1.165) is 32.5 Å². The molecule has 0 N–H and O–H groups in total. The Bertz CT molecular complexity index is 261. The van der Waals surface area contributed by atoms with Crippen LogP contribution in [0.3, 0.4) is 0 Å². The molecule has 1 heterocycles. The van der Waals surface area contributed by atoms with Crippen LogP contribution in [0.15, 0.2) is 0 Å². The van der Waals surface area contributed by atoms with Gasteiger partial charge in [0.1, 0.15) is 6.10 Å². The Morgan fingerprint density at radius 3 is 2.53 bits per heavy atom. The van der Waals surface area contributed by atoms with E-state index < -0.39 is 0 Å². The lowest BCUT2D eigenvalue weighted by molar-refractivity contribution is 0.0406. The third-order valence-corrected chi connectivity index (χ3v) is 3.09. The summed E-state index contributed by atoms with van der Waals surface area (Å²) in [7, 11) is 2.06. The highest BCUT2D eigenvalue weighted by atomic mass is 16.6. The van der Waals surface area contributed by atoms with Crippen LogP contribution in [0.25, 0.3) is 0 Å². The van der Waals surface area contributed by atoms with Crippen molar-refractivity contribution in [1.82, 2.24) is 9.80 Å². The molecule has 1 fully saturated rings. The van der Waals surface area contributed by atoms with E-state index in [1.807, 2.05) is 25.7 Å². The van der Waals surface area contributed by atoms with Crippen LogP contribution >= 0.6 is 0 Å². The van der Waals surface area contributed by atoms with Crippen LogP contribution in [0.1, 0.15) is 40.5 Å². The summed E-state index contributed by atoms with van der Waals surface area (Å²) < 4.78 is 5.57. The molecule has 0 spiro atoms. The molecular weight excluding hydrogens is 216 g/mol. The number of hydrogen-bond donors (Lipinski definition) is 0. The smallest absolute Gasteiger partial charge is 0.410 e. The van der Waals surface area contributed by atoms with Crippen molar-refractivity contribution in [2.24, 2.45) is 0 Å². The lowest BCUT2D eigenvalue weighted by Crippen LogP contribution is -2.47. The molecule has 0 saturated carbocycles. The lowest BCUT2D eigenvalue weighted by atomic mass is 10.1. The van der Waals surface area contributed by atoms with Crippen molar-refractivity contribution in [1.29, 1.82) is 0 Å². The second-order valence-corrected chi connectivity index (χ2v) is 5.88. The second-order valence-electron chi connectivity index (χ2n) is 5.88. The van der Waals surface area contributed by atoms with E-state index in [4.69, 9.17) is 4.74 Å². The molecule has 1 aliphatic rings. The van der Waals surface area contributed by atoms with Gasteiger partial charge in [0.15, 0.2) is 0 Å². The number of rotatable bonds is 3. The molecule has 1 aliphatic heterocycles. The summed E-state index contributed by atoms with van der Waals surface area (Å²) in [6, 6.07) is 0. The molecule has 1 rings (SSSR count). The molecule has 0 radical (unpaired) electrons. The number of likely N-dealkylation sites (tertiary alicyclic amines) is 1. The molecule has 0 aromatic rings. The van der Waals surface area contributed by atoms with Crippen molar-refractivity contribution in [3.8, 4) is 0 Å². The fraction of sp³-hybridized carbons (Fsp3) is 0.923. The average molecular weight is 242 g/mol. The summed E-state index contributed by atoms with van der Waals surface area (Å²) in [6.07, 6.45) is 1.80. The number of ether oxygens (including phenoxy) is 1. The number of carbonyl (C=O) groups is 1. The average Bonchev–Trinajstić information content (AvgIpc) is 2.58. The van der Waals surface area contributed by atoms with Crippen LogP contribution in [-0.4, -0.2) is 54.2 Å². The molecule has 1 saturated heterocycles. The zero-order valence-corrected chi connectivity index (χ0v) is 11.8. The van der Waals surface area contributed by atoms with E-state index in [1.54, 1.807) is 0 Å². The van der Waals surface area contributed by atoms with Crippen molar-refractivity contribution in [3.63, 3.8) is 0 Å². The molecule has 100 valence electrons. The number of nitrogens with zero attached hydrogens (tertiary/aromatic N) is 2. The maximum absolute atomic E-state index is 12.1. The molecule has 4 heteroatoms. The Balaban J connectivity index is 2.53. The predicted octanol–water partition coefficient (Wildman–Crippen LogP) is 2.34. The van der Waals surface area contributed by atoms with E-state index in [9.17, 15) is 4.79 Å². The Kier molecular flexibility index (Phi) is 4.80. The summed E-state index contributed by atoms with van der Waals surface area (Å²) in [4.78, 5) is 16.1. The first-order chi connectivity index (χ1) is 7.84. The first-order valence-electron chi connectivity index (χ1n) is 6.51. The maximum atomic E-state index is 12.1. The number of amides is 1. The Morgan fingerprint density at radius 1 is 1.47 bits per heavy atom. The number of likely N-dealkylation sites (N-methyl/N-ethyl adjacent to an activating group) is 1. The monoisotopic (exact) mass is 242 g/mol. The Hall–Kier alpha value is -0.770. The van der Waals surface area contributed by atoms with Crippen molar-refractivity contribution in [2.45, 2.75) is 52.2 Å². The number of hydrogen-bond acceptors (Lipinski definition) is 3. The van der Waals surface area contributed by atoms with Gasteiger partial charge in [0.2, 0.25) is 0 Å². The van der Waals surface area contributed by atoms with Gasteiger partial charge in [0, 0.05) is 25.2 Å².